The Labute approximate surface area is 160 Å². The third-order valence-corrected chi connectivity index (χ3v) is 4.84. The van der Waals surface area contributed by atoms with Crippen LogP contribution in [0.25, 0.3) is 0 Å². The van der Waals surface area contributed by atoms with Crippen molar-refractivity contribution in [2.75, 3.05) is 6.54 Å². The van der Waals surface area contributed by atoms with Gasteiger partial charge in [0.15, 0.2) is 0 Å². The lowest BCUT2D eigenvalue weighted by atomic mass is 9.86. The minimum atomic E-state index is -0.0984. The minimum absolute atomic E-state index is 0.0984. The van der Waals surface area contributed by atoms with Crippen LogP contribution in [0.15, 0.2) is 42.2 Å². The minimum Gasteiger partial charge on any atom is -0.349 e. The van der Waals surface area contributed by atoms with E-state index in [1.54, 1.807) is 18.5 Å². The first-order chi connectivity index (χ1) is 12.4. The van der Waals surface area contributed by atoms with Gasteiger partial charge in [0.1, 0.15) is 5.84 Å². The number of pyridine rings is 1. The highest BCUT2D eigenvalue weighted by Crippen LogP contribution is 2.25. The number of hydrogen-bond acceptors (Lipinski definition) is 3. The third-order valence-electron chi connectivity index (χ3n) is 4.63. The topological polar surface area (TPSA) is 66.4 Å². The lowest BCUT2D eigenvalue weighted by Crippen LogP contribution is -2.38. The Morgan fingerprint density at radius 3 is 2.73 bits per heavy atom. The molecule has 26 heavy (non-hydrogen) atoms. The molecule has 5 nitrogen and oxygen atoms in total. The Hall–Kier alpha value is -2.14. The summed E-state index contributed by atoms with van der Waals surface area (Å²) in [6.07, 6.45) is 7.16. The predicted molar refractivity (Wildman–Crippen MR) is 108 cm³/mol. The Morgan fingerprint density at radius 1 is 1.42 bits per heavy atom. The summed E-state index contributed by atoms with van der Waals surface area (Å²) < 4.78 is 0. The van der Waals surface area contributed by atoms with E-state index in [1.807, 2.05) is 13.8 Å². The van der Waals surface area contributed by atoms with Gasteiger partial charge in [-0.25, -0.2) is 0 Å². The van der Waals surface area contributed by atoms with Crippen LogP contribution in [0.5, 0.6) is 0 Å². The van der Waals surface area contributed by atoms with Crippen molar-refractivity contribution in [2.45, 2.75) is 45.6 Å². The van der Waals surface area contributed by atoms with E-state index in [1.165, 1.54) is 0 Å². The van der Waals surface area contributed by atoms with Gasteiger partial charge in [0.25, 0.3) is 5.91 Å². The SMILES string of the molecule is C=CNC(=NCC1CCC(NC(=O)c2cc(Cl)cnc2C)CC1)C(=C)C. The van der Waals surface area contributed by atoms with Crippen molar-refractivity contribution >= 4 is 23.3 Å². The monoisotopic (exact) mass is 374 g/mol. The van der Waals surface area contributed by atoms with Gasteiger partial charge in [-0.15, -0.1) is 0 Å². The van der Waals surface area contributed by atoms with E-state index >= 15 is 0 Å². The Balaban J connectivity index is 1.85. The van der Waals surface area contributed by atoms with Crippen molar-refractivity contribution < 1.29 is 4.79 Å². The molecule has 1 aliphatic rings. The molecule has 0 bridgehead atoms. The predicted octanol–water partition coefficient (Wildman–Crippen LogP) is 4.04. The molecule has 6 heteroatoms. The van der Waals surface area contributed by atoms with Gasteiger partial charge in [-0.2, -0.15) is 0 Å². The molecule has 2 N–H and O–H groups in total. The highest BCUT2D eigenvalue weighted by Gasteiger charge is 2.23. The van der Waals surface area contributed by atoms with Gasteiger partial charge in [-0.1, -0.05) is 24.8 Å². The molecule has 1 aliphatic carbocycles. The third kappa shape index (κ3) is 5.70. The molecule has 0 aromatic carbocycles. The summed E-state index contributed by atoms with van der Waals surface area (Å²) in [4.78, 5) is 21.2. The van der Waals surface area contributed by atoms with Crippen molar-refractivity contribution in [2.24, 2.45) is 10.9 Å². The number of hydrogen-bond donors (Lipinski definition) is 2. The van der Waals surface area contributed by atoms with E-state index in [-0.39, 0.29) is 11.9 Å². The van der Waals surface area contributed by atoms with E-state index in [0.29, 0.717) is 22.2 Å². The van der Waals surface area contributed by atoms with Crippen LogP contribution in [0, 0.1) is 12.8 Å². The summed E-state index contributed by atoms with van der Waals surface area (Å²) in [5, 5.41) is 6.61. The van der Waals surface area contributed by atoms with Crippen LogP contribution in [0.2, 0.25) is 5.02 Å². The smallest absolute Gasteiger partial charge is 0.253 e. The summed E-state index contributed by atoms with van der Waals surface area (Å²) in [6.45, 7) is 12.1. The normalized spacial score (nSPS) is 20.3. The molecule has 1 fully saturated rings. The van der Waals surface area contributed by atoms with Crippen LogP contribution in [0.3, 0.4) is 0 Å². The first-order valence-electron chi connectivity index (χ1n) is 8.91. The van der Waals surface area contributed by atoms with Crippen molar-refractivity contribution in [3.63, 3.8) is 0 Å². The fraction of sp³-hybridized carbons (Fsp3) is 0.450. The first kappa shape index (κ1) is 20.2. The summed E-state index contributed by atoms with van der Waals surface area (Å²) in [6, 6.07) is 1.86. The lowest BCUT2D eigenvalue weighted by molar-refractivity contribution is 0.0921. The number of amidine groups is 1. The number of nitrogens with zero attached hydrogens (tertiary/aromatic N) is 2. The van der Waals surface area contributed by atoms with Crippen molar-refractivity contribution in [3.8, 4) is 0 Å². The van der Waals surface area contributed by atoms with Gasteiger partial charge in [0.2, 0.25) is 0 Å². The lowest BCUT2D eigenvalue weighted by Gasteiger charge is -2.28. The number of rotatable bonds is 6. The van der Waals surface area contributed by atoms with Crippen LogP contribution in [-0.2, 0) is 0 Å². The highest BCUT2D eigenvalue weighted by atomic mass is 35.5. The molecule has 0 unspecified atom stereocenters. The van der Waals surface area contributed by atoms with Gasteiger partial charge in [0, 0.05) is 18.8 Å². The Kier molecular flexibility index (Phi) is 7.39. The number of carbonyl (C=O) groups is 1. The van der Waals surface area contributed by atoms with Crippen LogP contribution in [-0.4, -0.2) is 29.3 Å². The first-order valence-corrected chi connectivity index (χ1v) is 9.29. The summed E-state index contributed by atoms with van der Waals surface area (Å²) in [7, 11) is 0. The van der Waals surface area contributed by atoms with E-state index in [9.17, 15) is 4.79 Å². The molecule has 1 aromatic heterocycles. The zero-order valence-electron chi connectivity index (χ0n) is 15.5. The van der Waals surface area contributed by atoms with E-state index in [0.717, 1.165) is 43.6 Å². The maximum absolute atomic E-state index is 12.5. The van der Waals surface area contributed by atoms with Crippen LogP contribution < -0.4 is 10.6 Å². The number of nitrogens with one attached hydrogen (secondary N) is 2. The fourth-order valence-corrected chi connectivity index (χ4v) is 3.27. The second-order valence-electron chi connectivity index (χ2n) is 6.80. The Morgan fingerprint density at radius 2 is 2.12 bits per heavy atom. The second kappa shape index (κ2) is 9.53. The standard InChI is InChI=1S/C20H27ClN4O/c1-5-22-19(13(2)3)24-11-15-6-8-17(9-7-15)25-20(26)18-10-16(21)12-23-14(18)4/h5,10,12,15,17H,1-2,6-9,11H2,3-4H3,(H,22,24)(H,25,26). The quantitative estimate of drug-likeness (QED) is 0.583. The van der Waals surface area contributed by atoms with Gasteiger partial charge in [-0.3, -0.25) is 14.8 Å². The second-order valence-corrected chi connectivity index (χ2v) is 7.23. The maximum atomic E-state index is 12.5. The summed E-state index contributed by atoms with van der Waals surface area (Å²) in [5.74, 6) is 1.22. The average molecular weight is 375 g/mol. The van der Waals surface area contributed by atoms with Crippen LogP contribution in [0.4, 0.5) is 0 Å². The highest BCUT2D eigenvalue weighted by molar-refractivity contribution is 6.30. The number of aliphatic imine (C=N–C) groups is 1. The molecule has 0 spiro atoms. The van der Waals surface area contributed by atoms with Crippen molar-refractivity contribution in [1.29, 1.82) is 0 Å². The van der Waals surface area contributed by atoms with Crippen molar-refractivity contribution in [3.05, 3.63) is 53.5 Å². The average Bonchev–Trinajstić information content (AvgIpc) is 2.61. The largest absolute Gasteiger partial charge is 0.349 e. The van der Waals surface area contributed by atoms with Crippen LogP contribution >= 0.6 is 11.6 Å². The fourth-order valence-electron chi connectivity index (χ4n) is 3.11. The molecule has 0 aliphatic heterocycles. The molecule has 0 saturated heterocycles. The number of aromatic nitrogens is 1. The van der Waals surface area contributed by atoms with Gasteiger partial charge < -0.3 is 10.6 Å². The summed E-state index contributed by atoms with van der Waals surface area (Å²) >= 11 is 5.96. The molecule has 1 aromatic rings. The number of amides is 1. The van der Waals surface area contributed by atoms with E-state index in [2.05, 4.69) is 33.8 Å². The maximum Gasteiger partial charge on any atom is 0.253 e. The zero-order chi connectivity index (χ0) is 19.1. The molecule has 2 rings (SSSR count). The molecule has 1 heterocycles. The Bertz CT molecular complexity index is 706. The molecule has 0 atom stereocenters. The van der Waals surface area contributed by atoms with E-state index in [4.69, 9.17) is 11.6 Å². The van der Waals surface area contributed by atoms with Crippen LogP contribution in [0.1, 0.15) is 48.7 Å². The molecule has 1 saturated carbocycles. The van der Waals surface area contributed by atoms with Gasteiger partial charge in [-0.05, 0) is 63.3 Å². The van der Waals surface area contributed by atoms with Crippen molar-refractivity contribution in [1.82, 2.24) is 15.6 Å². The number of carbonyl (C=O) groups excluding carboxylic acids is 1. The molecule has 1 amide bonds. The number of halogens is 1. The number of aryl methyl sites for hydroxylation is 1. The molecule has 140 valence electrons. The molecular formula is C20H27ClN4O. The van der Waals surface area contributed by atoms with Gasteiger partial charge >= 0.3 is 0 Å². The summed E-state index contributed by atoms with van der Waals surface area (Å²) in [5.41, 5.74) is 2.14. The molecule has 0 radical (unpaired) electrons. The van der Waals surface area contributed by atoms with E-state index < -0.39 is 0 Å². The molecular weight excluding hydrogens is 348 g/mol. The van der Waals surface area contributed by atoms with Gasteiger partial charge in [0.05, 0.1) is 16.3 Å². The zero-order valence-corrected chi connectivity index (χ0v) is 16.3.